The summed E-state index contributed by atoms with van der Waals surface area (Å²) in [5.74, 6) is 0.957. The number of aromatic nitrogens is 1. The lowest BCUT2D eigenvalue weighted by Gasteiger charge is -2.27. The predicted octanol–water partition coefficient (Wildman–Crippen LogP) is 3.32. The number of carbonyl (C=O) groups excluding carboxylic acids is 1. The summed E-state index contributed by atoms with van der Waals surface area (Å²) in [5, 5.41) is 6.20. The Kier molecular flexibility index (Phi) is 5.81. The van der Waals surface area contributed by atoms with Gasteiger partial charge in [0.2, 0.25) is 0 Å². The maximum atomic E-state index is 12.3. The van der Waals surface area contributed by atoms with Crippen molar-refractivity contribution in [2.24, 2.45) is 0 Å². The highest BCUT2D eigenvalue weighted by molar-refractivity contribution is 5.92. The first-order chi connectivity index (χ1) is 12.9. The Balaban J connectivity index is 1.66. The van der Waals surface area contributed by atoms with E-state index in [1.807, 2.05) is 6.07 Å². The highest BCUT2D eigenvalue weighted by Gasteiger charge is 2.18. The lowest BCUT2D eigenvalue weighted by molar-refractivity contribution is 0.0564. The fraction of sp³-hybridized carbons (Fsp3) is 0.400. The van der Waals surface area contributed by atoms with Crippen LogP contribution in [-0.2, 0) is 4.74 Å². The molecule has 0 spiro atoms. The molecule has 4 N–H and O–H groups in total. The molecule has 1 aliphatic rings. The maximum Gasteiger partial charge on any atom is 0.322 e. The molecule has 2 aromatic rings. The molecule has 1 aromatic heterocycles. The minimum Gasteiger partial charge on any atom is -0.382 e. The van der Waals surface area contributed by atoms with Crippen LogP contribution in [0, 0.1) is 13.8 Å². The van der Waals surface area contributed by atoms with Gasteiger partial charge in [-0.3, -0.25) is 0 Å². The van der Waals surface area contributed by atoms with Gasteiger partial charge in [0.25, 0.3) is 0 Å². The van der Waals surface area contributed by atoms with Gasteiger partial charge in [0.05, 0.1) is 24.9 Å². The molecular formula is C20H27N5O2. The van der Waals surface area contributed by atoms with Crippen LogP contribution in [0.3, 0.4) is 0 Å². The zero-order chi connectivity index (χ0) is 19.4. The predicted molar refractivity (Wildman–Crippen MR) is 108 cm³/mol. The average molecular weight is 369 g/mol. The number of hydrogen-bond acceptors (Lipinski definition) is 5. The molecule has 144 valence electrons. The number of urea groups is 1. The molecule has 0 bridgehead atoms. The van der Waals surface area contributed by atoms with Gasteiger partial charge in [-0.1, -0.05) is 23.8 Å². The Labute approximate surface area is 159 Å². The number of morpholine rings is 1. The van der Waals surface area contributed by atoms with Gasteiger partial charge in [-0.2, -0.15) is 0 Å². The van der Waals surface area contributed by atoms with Gasteiger partial charge in [-0.25, -0.2) is 9.78 Å². The molecular weight excluding hydrogens is 342 g/mol. The molecule has 0 saturated carbocycles. The number of hydrogen-bond donors (Lipinski definition) is 3. The molecule has 2 amide bonds. The van der Waals surface area contributed by atoms with Crippen molar-refractivity contribution in [3.05, 3.63) is 47.0 Å². The van der Waals surface area contributed by atoms with Crippen molar-refractivity contribution in [2.45, 2.75) is 26.8 Å². The maximum absolute atomic E-state index is 12.3. The number of ether oxygens (including phenoxy) is 1. The van der Waals surface area contributed by atoms with E-state index in [4.69, 9.17) is 10.5 Å². The van der Waals surface area contributed by atoms with Gasteiger partial charge in [0, 0.05) is 13.1 Å². The number of nitrogens with two attached hydrogens (primary N) is 1. The number of aryl methyl sites for hydroxylation is 2. The molecule has 1 unspecified atom stereocenters. The van der Waals surface area contributed by atoms with E-state index in [1.54, 1.807) is 11.0 Å². The Bertz CT molecular complexity index is 818. The summed E-state index contributed by atoms with van der Waals surface area (Å²) in [5.41, 5.74) is 10.3. The molecule has 1 saturated heterocycles. The average Bonchev–Trinajstić information content (AvgIpc) is 2.64. The van der Waals surface area contributed by atoms with Crippen molar-refractivity contribution in [1.29, 1.82) is 0 Å². The van der Waals surface area contributed by atoms with Gasteiger partial charge in [0.1, 0.15) is 11.6 Å². The second-order valence-corrected chi connectivity index (χ2v) is 6.88. The summed E-state index contributed by atoms with van der Waals surface area (Å²) in [6.07, 6.45) is 0. The summed E-state index contributed by atoms with van der Waals surface area (Å²) in [6, 6.07) is 9.90. The Morgan fingerprint density at radius 3 is 2.63 bits per heavy atom. The summed E-state index contributed by atoms with van der Waals surface area (Å²) >= 11 is 0. The number of amides is 2. The smallest absolute Gasteiger partial charge is 0.322 e. The topological polar surface area (TPSA) is 92.5 Å². The van der Waals surface area contributed by atoms with Crippen molar-refractivity contribution in [3.8, 4) is 0 Å². The standard InChI is InChI=1S/C20H27N5O2/c1-13-4-5-16(14(2)12-13)15(3)22-18-7-6-17(19(21)24-18)23-20(26)25-8-10-27-11-9-25/h4-7,12,15H,8-11H2,1-3H3,(H,23,26)(H3,21,22,24). The van der Waals surface area contributed by atoms with Gasteiger partial charge >= 0.3 is 6.03 Å². The molecule has 1 atom stereocenters. The lowest BCUT2D eigenvalue weighted by Crippen LogP contribution is -2.43. The third-order valence-electron chi connectivity index (χ3n) is 4.72. The number of carbonyl (C=O) groups is 1. The van der Waals surface area contributed by atoms with Gasteiger partial charge in [-0.15, -0.1) is 0 Å². The highest BCUT2D eigenvalue weighted by Crippen LogP contribution is 2.25. The van der Waals surface area contributed by atoms with Crippen LogP contribution in [0.25, 0.3) is 0 Å². The molecule has 0 radical (unpaired) electrons. The Morgan fingerprint density at radius 1 is 1.22 bits per heavy atom. The molecule has 2 heterocycles. The Morgan fingerprint density at radius 2 is 1.96 bits per heavy atom. The first-order valence-corrected chi connectivity index (χ1v) is 9.18. The SMILES string of the molecule is Cc1ccc(C(C)Nc2ccc(NC(=O)N3CCOCC3)c(N)n2)c(C)c1. The summed E-state index contributed by atoms with van der Waals surface area (Å²) in [6.45, 7) is 8.54. The number of nitrogens with one attached hydrogen (secondary N) is 2. The van der Waals surface area contributed by atoms with Crippen LogP contribution in [0.15, 0.2) is 30.3 Å². The van der Waals surface area contributed by atoms with E-state index in [0.717, 1.165) is 0 Å². The van der Waals surface area contributed by atoms with E-state index < -0.39 is 0 Å². The van der Waals surface area contributed by atoms with Gasteiger partial charge in [0.15, 0.2) is 0 Å². The molecule has 3 rings (SSSR count). The van der Waals surface area contributed by atoms with E-state index in [0.29, 0.717) is 37.8 Å². The van der Waals surface area contributed by atoms with Crippen LogP contribution in [-0.4, -0.2) is 42.2 Å². The normalized spacial score (nSPS) is 15.3. The minimum atomic E-state index is -0.184. The molecule has 7 nitrogen and oxygen atoms in total. The first kappa shape index (κ1) is 19.0. The van der Waals surface area contributed by atoms with Crippen molar-refractivity contribution < 1.29 is 9.53 Å². The molecule has 7 heteroatoms. The van der Waals surface area contributed by atoms with E-state index >= 15 is 0 Å². The zero-order valence-corrected chi connectivity index (χ0v) is 16.1. The number of benzene rings is 1. The number of pyridine rings is 1. The van der Waals surface area contributed by atoms with E-state index in [-0.39, 0.29) is 17.9 Å². The van der Waals surface area contributed by atoms with E-state index in [2.05, 4.69) is 54.6 Å². The summed E-state index contributed by atoms with van der Waals surface area (Å²) < 4.78 is 5.26. The quantitative estimate of drug-likeness (QED) is 0.769. The zero-order valence-electron chi connectivity index (χ0n) is 16.1. The van der Waals surface area contributed by atoms with Crippen LogP contribution in [0.1, 0.15) is 29.7 Å². The highest BCUT2D eigenvalue weighted by atomic mass is 16.5. The molecule has 1 fully saturated rings. The first-order valence-electron chi connectivity index (χ1n) is 9.18. The molecule has 27 heavy (non-hydrogen) atoms. The third kappa shape index (κ3) is 4.68. The van der Waals surface area contributed by atoms with Crippen LogP contribution >= 0.6 is 0 Å². The number of rotatable bonds is 4. The summed E-state index contributed by atoms with van der Waals surface area (Å²) in [7, 11) is 0. The fourth-order valence-electron chi connectivity index (χ4n) is 3.23. The Hall–Kier alpha value is -2.80. The second-order valence-electron chi connectivity index (χ2n) is 6.88. The molecule has 1 aromatic carbocycles. The monoisotopic (exact) mass is 369 g/mol. The van der Waals surface area contributed by atoms with E-state index in [1.165, 1.54) is 16.7 Å². The van der Waals surface area contributed by atoms with Crippen LogP contribution in [0.4, 0.5) is 22.1 Å². The van der Waals surface area contributed by atoms with E-state index in [9.17, 15) is 4.79 Å². The molecule has 0 aliphatic carbocycles. The largest absolute Gasteiger partial charge is 0.382 e. The molecule has 1 aliphatic heterocycles. The van der Waals surface area contributed by atoms with Crippen LogP contribution in [0.5, 0.6) is 0 Å². The third-order valence-corrected chi connectivity index (χ3v) is 4.72. The van der Waals surface area contributed by atoms with Gasteiger partial charge in [-0.05, 0) is 44.0 Å². The fourth-order valence-corrected chi connectivity index (χ4v) is 3.23. The van der Waals surface area contributed by atoms with Gasteiger partial charge < -0.3 is 26.0 Å². The minimum absolute atomic E-state index is 0.0892. The summed E-state index contributed by atoms with van der Waals surface area (Å²) in [4.78, 5) is 18.4. The number of anilines is 3. The van der Waals surface area contributed by atoms with Crippen molar-refractivity contribution in [1.82, 2.24) is 9.88 Å². The van der Waals surface area contributed by atoms with Crippen molar-refractivity contribution >= 4 is 23.4 Å². The number of nitrogen functional groups attached to an aromatic ring is 1. The second kappa shape index (κ2) is 8.26. The van der Waals surface area contributed by atoms with Crippen molar-refractivity contribution in [3.63, 3.8) is 0 Å². The van der Waals surface area contributed by atoms with Crippen molar-refractivity contribution in [2.75, 3.05) is 42.7 Å². The van der Waals surface area contributed by atoms with Crippen LogP contribution < -0.4 is 16.4 Å². The number of nitrogens with zero attached hydrogens (tertiary/aromatic N) is 2. The van der Waals surface area contributed by atoms with Crippen LogP contribution in [0.2, 0.25) is 0 Å². The lowest BCUT2D eigenvalue weighted by atomic mass is 10.0.